The Morgan fingerprint density at radius 3 is 1.18 bits per heavy atom. The van der Waals surface area contributed by atoms with Gasteiger partial charge in [-0.25, -0.2) is 0 Å². The van der Waals surface area contributed by atoms with Gasteiger partial charge in [0.2, 0.25) is 0 Å². The maximum atomic E-state index is 14.4. The highest BCUT2D eigenvalue weighted by atomic mass is 31.1. The van der Waals surface area contributed by atoms with Crippen LogP contribution in [0.5, 0.6) is 11.5 Å². The van der Waals surface area contributed by atoms with Gasteiger partial charge in [0, 0.05) is 35.3 Å². The molecule has 3 nitrogen and oxygen atoms in total. The maximum absolute atomic E-state index is 14.4. The fraction of sp³-hybridized carbons (Fsp3) is 0.415. The van der Waals surface area contributed by atoms with Gasteiger partial charge in [0.05, 0.1) is 14.2 Å². The summed E-state index contributed by atoms with van der Waals surface area (Å²) in [4.78, 5) is 14.4. The molecule has 4 heteroatoms. The Bertz CT molecular complexity index is 1950. The largest absolute Gasteiger partial charge is 0.496 e. The number of hydrogen-bond acceptors (Lipinski definition) is 3. The summed E-state index contributed by atoms with van der Waals surface area (Å²) in [6.45, 7) is 18.8. The Morgan fingerprint density at radius 1 is 0.509 bits per heavy atom. The zero-order chi connectivity index (χ0) is 40.8. The van der Waals surface area contributed by atoms with Gasteiger partial charge >= 0.3 is 0 Å². The van der Waals surface area contributed by atoms with Gasteiger partial charge in [0.1, 0.15) is 17.3 Å². The van der Waals surface area contributed by atoms with Gasteiger partial charge < -0.3 is 9.47 Å². The molecule has 0 saturated carbocycles. The number of para-hydroxylation sites is 2. The van der Waals surface area contributed by atoms with Crippen molar-refractivity contribution < 1.29 is 14.3 Å². The summed E-state index contributed by atoms with van der Waals surface area (Å²) in [5.74, 6) is 3.49. The number of hydrogen-bond donors (Lipinski definition) is 0. The smallest absolute Gasteiger partial charge is 0.134 e. The number of Topliss-reactive ketones (excluding diaryl/α,β-unsaturated/α-hetero) is 1. The minimum Gasteiger partial charge on any atom is -0.496 e. The molecule has 6 atom stereocenters. The van der Waals surface area contributed by atoms with Crippen molar-refractivity contribution in [2.24, 2.45) is 0 Å². The van der Waals surface area contributed by atoms with E-state index in [1.165, 1.54) is 49.8 Å². The normalized spacial score (nSPS) is 19.1. The molecule has 6 unspecified atom stereocenters. The Kier molecular flexibility index (Phi) is 14.2. The van der Waals surface area contributed by atoms with Gasteiger partial charge in [-0.15, -0.1) is 0 Å². The molecule has 5 aromatic rings. The maximum Gasteiger partial charge on any atom is 0.134 e. The molecule has 1 saturated heterocycles. The van der Waals surface area contributed by atoms with E-state index in [1.807, 2.05) is 12.1 Å². The average Bonchev–Trinajstić information content (AvgIpc) is 3.26. The second kappa shape index (κ2) is 19.0. The highest BCUT2D eigenvalue weighted by molar-refractivity contribution is 7.67. The summed E-state index contributed by atoms with van der Waals surface area (Å²) in [5, 5.41) is 1.41. The topological polar surface area (TPSA) is 35.5 Å². The van der Waals surface area contributed by atoms with E-state index in [4.69, 9.17) is 9.47 Å². The van der Waals surface area contributed by atoms with Crippen molar-refractivity contribution in [2.45, 2.75) is 129 Å². The number of rotatable bonds is 15. The van der Waals surface area contributed by atoms with Crippen molar-refractivity contribution in [3.05, 3.63) is 137 Å². The van der Waals surface area contributed by atoms with Crippen LogP contribution in [-0.2, 0) is 4.79 Å². The fourth-order valence-electron chi connectivity index (χ4n) is 9.19. The lowest BCUT2D eigenvalue weighted by molar-refractivity contribution is -0.119. The number of methoxy groups -OCH3 is 2. The summed E-state index contributed by atoms with van der Waals surface area (Å²) >= 11 is 0. The number of carbonyl (C=O) groups is 1. The van der Waals surface area contributed by atoms with Crippen LogP contribution in [0.25, 0.3) is 22.3 Å². The van der Waals surface area contributed by atoms with Crippen LogP contribution in [0.15, 0.2) is 103 Å². The predicted octanol–water partition coefficient (Wildman–Crippen LogP) is 15.0. The van der Waals surface area contributed by atoms with E-state index >= 15 is 0 Å². The number of ether oxygens (including phenoxy) is 2. The zero-order valence-corrected chi connectivity index (χ0v) is 37.1. The molecule has 5 aromatic carbocycles. The first kappa shape index (κ1) is 42.4. The van der Waals surface area contributed by atoms with Crippen LogP contribution in [0.1, 0.15) is 162 Å². The van der Waals surface area contributed by atoms with E-state index in [1.54, 1.807) is 14.2 Å². The molecule has 1 aliphatic rings. The first-order valence-corrected chi connectivity index (χ1v) is 23.1. The third kappa shape index (κ3) is 8.38. The molecule has 0 amide bonds. The van der Waals surface area contributed by atoms with Crippen molar-refractivity contribution in [3.63, 3.8) is 0 Å². The van der Waals surface area contributed by atoms with Crippen molar-refractivity contribution in [2.75, 3.05) is 14.2 Å². The lowest BCUT2D eigenvalue weighted by Gasteiger charge is -2.42. The molecule has 300 valence electrons. The molecule has 1 heterocycles. The van der Waals surface area contributed by atoms with E-state index in [-0.39, 0.29) is 11.3 Å². The molecule has 0 aliphatic carbocycles. The van der Waals surface area contributed by atoms with Crippen LogP contribution in [0.3, 0.4) is 0 Å². The van der Waals surface area contributed by atoms with Crippen molar-refractivity contribution >= 4 is 19.0 Å². The summed E-state index contributed by atoms with van der Waals surface area (Å²) in [6, 6.07) is 38.2. The quantitative estimate of drug-likeness (QED) is 0.0993. The molecule has 0 spiro atoms. The zero-order valence-electron chi connectivity index (χ0n) is 36.2. The monoisotopic (exact) mass is 780 g/mol. The Labute approximate surface area is 345 Å². The van der Waals surface area contributed by atoms with E-state index in [2.05, 4.69) is 146 Å². The predicted molar refractivity (Wildman–Crippen MR) is 244 cm³/mol. The molecule has 0 N–H and O–H groups in total. The van der Waals surface area contributed by atoms with E-state index in [0.717, 1.165) is 48.3 Å². The summed E-state index contributed by atoms with van der Waals surface area (Å²) in [7, 11) is 2.41. The van der Waals surface area contributed by atoms with Gasteiger partial charge in [-0.3, -0.25) is 4.79 Å². The van der Waals surface area contributed by atoms with Crippen LogP contribution in [0.2, 0.25) is 0 Å². The van der Waals surface area contributed by atoms with E-state index in [0.29, 0.717) is 42.3 Å². The number of carbonyl (C=O) groups excluding carboxylic acids is 1. The van der Waals surface area contributed by atoms with Crippen molar-refractivity contribution in [3.8, 4) is 33.8 Å². The molecule has 6 rings (SSSR count). The van der Waals surface area contributed by atoms with Crippen LogP contribution in [-0.4, -0.2) is 20.0 Å². The summed E-state index contributed by atoms with van der Waals surface area (Å²) in [5.41, 5.74) is 13.2. The molecule has 57 heavy (non-hydrogen) atoms. The third-order valence-electron chi connectivity index (χ3n) is 13.2. The van der Waals surface area contributed by atoms with Gasteiger partial charge in [-0.2, -0.15) is 0 Å². The first-order valence-electron chi connectivity index (χ1n) is 21.6. The average molecular weight is 781 g/mol. The lowest BCUT2D eigenvalue weighted by Crippen LogP contribution is -2.27. The fourth-order valence-corrected chi connectivity index (χ4v) is 13.0. The van der Waals surface area contributed by atoms with E-state index < -0.39 is 7.92 Å². The van der Waals surface area contributed by atoms with Crippen LogP contribution >= 0.6 is 7.92 Å². The van der Waals surface area contributed by atoms with Crippen LogP contribution in [0.4, 0.5) is 0 Å². The first-order chi connectivity index (χ1) is 27.6. The van der Waals surface area contributed by atoms with Crippen LogP contribution in [0, 0.1) is 0 Å². The third-order valence-corrected chi connectivity index (χ3v) is 16.4. The minimum atomic E-state index is -1.13. The van der Waals surface area contributed by atoms with Crippen molar-refractivity contribution in [1.29, 1.82) is 0 Å². The lowest BCUT2D eigenvalue weighted by atomic mass is 9.80. The van der Waals surface area contributed by atoms with E-state index in [9.17, 15) is 4.79 Å². The molecule has 0 aromatic heterocycles. The second-order valence-corrected chi connectivity index (χ2v) is 18.9. The minimum absolute atomic E-state index is 0.0715. The second-order valence-electron chi connectivity index (χ2n) is 16.4. The van der Waals surface area contributed by atoms with Gasteiger partial charge in [0.15, 0.2) is 0 Å². The Morgan fingerprint density at radius 2 is 0.842 bits per heavy atom. The Hall–Kier alpha value is -4.20. The number of ketones is 1. The van der Waals surface area contributed by atoms with Gasteiger partial charge in [-0.05, 0) is 111 Å². The molecule has 0 radical (unpaired) electrons. The van der Waals surface area contributed by atoms with Gasteiger partial charge in [-0.1, -0.05) is 154 Å². The molecule has 0 bridgehead atoms. The Balaban J connectivity index is 1.87. The molecule has 1 fully saturated rings. The van der Waals surface area contributed by atoms with Crippen LogP contribution < -0.4 is 14.8 Å². The van der Waals surface area contributed by atoms with Gasteiger partial charge in [0.25, 0.3) is 0 Å². The molecular weight excluding hydrogens is 716 g/mol. The number of benzene rings is 5. The molecule has 1 aliphatic heterocycles. The SMILES string of the molecule is CCC(C)c1cccc(C(C)CC)c1-c1cccc(-c2c(C(C)CC)cccc2C(C)CC)c1P1C(c2ccccc2OC)CC(=O)CC1c1ccccc1OC. The summed E-state index contributed by atoms with van der Waals surface area (Å²) in [6.07, 6.45) is 5.16. The summed E-state index contributed by atoms with van der Waals surface area (Å²) < 4.78 is 12.3. The highest BCUT2D eigenvalue weighted by Crippen LogP contribution is 2.70. The highest BCUT2D eigenvalue weighted by Gasteiger charge is 2.44. The van der Waals surface area contributed by atoms with Crippen molar-refractivity contribution in [1.82, 2.24) is 0 Å². The molecular formula is C53H65O3P. The standard InChI is InChI=1S/C53H65O3P/c1-11-34(5)39-24-19-25-40(35(6)12-2)51(39)45-28-21-29-46(52-41(36(7)13-3)26-20-27-42(52)37(8)14-4)53(45)57-49(43-22-15-17-30-47(43)55-9)32-38(54)33-50(57)44-23-16-18-31-48(44)56-10/h15-31,34-37,49-50H,11-14,32-33H2,1-10H3.